The van der Waals surface area contributed by atoms with Gasteiger partial charge in [-0.15, -0.1) is 6.58 Å². The molecule has 3 fully saturated rings. The maximum atomic E-state index is 13.9. The van der Waals surface area contributed by atoms with E-state index >= 15 is 0 Å². The van der Waals surface area contributed by atoms with E-state index in [0.29, 0.717) is 37.9 Å². The molecule has 0 aromatic rings. The van der Waals surface area contributed by atoms with E-state index in [1.54, 1.807) is 12.2 Å². The summed E-state index contributed by atoms with van der Waals surface area (Å²) in [4.78, 5) is 13.6. The Hall–Kier alpha value is -1.56. The van der Waals surface area contributed by atoms with Crippen molar-refractivity contribution in [3.05, 3.63) is 60.3 Å². The summed E-state index contributed by atoms with van der Waals surface area (Å²) in [6, 6.07) is 0. The van der Waals surface area contributed by atoms with Crippen molar-refractivity contribution < 1.29 is 28.6 Å². The zero-order valence-electron chi connectivity index (χ0n) is 27.1. The lowest BCUT2D eigenvalue weighted by atomic mass is 9.61. The molecule has 3 rings (SSSR count). The lowest BCUT2D eigenvalue weighted by Crippen LogP contribution is -2.35. The number of unbranched alkanes of at least 4 members (excludes halogenated alkanes) is 2. The molecule has 0 spiro atoms. The first-order valence-electron chi connectivity index (χ1n) is 16.7. The zero-order chi connectivity index (χ0) is 31.6. The van der Waals surface area contributed by atoms with Gasteiger partial charge in [0.15, 0.2) is 5.78 Å². The molecule has 0 aromatic heterocycles. The number of aliphatic hydroxyl groups excluding tert-OH is 2. The third-order valence-corrected chi connectivity index (χ3v) is 12.5. The highest BCUT2D eigenvalue weighted by Crippen LogP contribution is 2.60. The summed E-state index contributed by atoms with van der Waals surface area (Å²) in [6.45, 7) is 17.2. The van der Waals surface area contributed by atoms with Crippen LogP contribution in [0.4, 0.5) is 0 Å². The van der Waals surface area contributed by atoms with E-state index < -0.39 is 25.5 Å². The first-order chi connectivity index (χ1) is 20.5. The minimum Gasteiger partial charge on any atom is -0.393 e. The van der Waals surface area contributed by atoms with Gasteiger partial charge >= 0.3 is 7.60 Å². The third-order valence-electron chi connectivity index (χ3n) is 10.1. The van der Waals surface area contributed by atoms with Crippen LogP contribution in [0.15, 0.2) is 60.3 Å². The van der Waals surface area contributed by atoms with Gasteiger partial charge in [0.2, 0.25) is 0 Å². The normalized spacial score (nSPS) is 31.4. The van der Waals surface area contributed by atoms with Crippen molar-refractivity contribution in [2.24, 2.45) is 23.2 Å². The van der Waals surface area contributed by atoms with E-state index in [1.165, 1.54) is 5.57 Å². The number of hydrogen-bond donors (Lipinski definition) is 2. The lowest BCUT2D eigenvalue weighted by molar-refractivity contribution is -0.114. The number of hydrogen-bond acceptors (Lipinski definition) is 6. The lowest BCUT2D eigenvalue weighted by Gasteiger charge is -2.44. The van der Waals surface area contributed by atoms with Gasteiger partial charge < -0.3 is 19.3 Å². The molecule has 3 aliphatic carbocycles. The van der Waals surface area contributed by atoms with Crippen molar-refractivity contribution in [2.45, 2.75) is 123 Å². The Morgan fingerprint density at radius 2 is 1.81 bits per heavy atom. The van der Waals surface area contributed by atoms with E-state index in [-0.39, 0.29) is 23.5 Å². The van der Waals surface area contributed by atoms with E-state index in [1.807, 2.05) is 19.9 Å². The molecular formula is C36H57O6P. The van der Waals surface area contributed by atoms with Crippen LogP contribution in [0.5, 0.6) is 0 Å². The molecule has 242 valence electrons. The minimum absolute atomic E-state index is 0.125. The first-order valence-corrected chi connectivity index (χ1v) is 18.3. The first kappa shape index (κ1) is 35.9. The van der Waals surface area contributed by atoms with Gasteiger partial charge in [-0.2, -0.15) is 0 Å². The van der Waals surface area contributed by atoms with Crippen molar-refractivity contribution >= 4 is 13.4 Å². The fourth-order valence-corrected chi connectivity index (χ4v) is 9.56. The maximum Gasteiger partial charge on any atom is 0.341 e. The molecule has 6 nitrogen and oxygen atoms in total. The highest BCUT2D eigenvalue weighted by atomic mass is 31.2. The van der Waals surface area contributed by atoms with Crippen molar-refractivity contribution in [1.82, 2.24) is 0 Å². The molecule has 2 unspecified atom stereocenters. The van der Waals surface area contributed by atoms with Gasteiger partial charge in [0.25, 0.3) is 0 Å². The Kier molecular flexibility index (Phi) is 13.9. The average molecular weight is 617 g/mol. The van der Waals surface area contributed by atoms with Crippen LogP contribution < -0.4 is 0 Å². The molecule has 43 heavy (non-hydrogen) atoms. The summed E-state index contributed by atoms with van der Waals surface area (Å²) in [7, 11) is -3.65. The van der Waals surface area contributed by atoms with Crippen molar-refractivity contribution in [3.8, 4) is 0 Å². The number of fused-ring (bicyclic) bond motifs is 1. The largest absolute Gasteiger partial charge is 0.393 e. The Bertz CT molecular complexity index is 1090. The van der Waals surface area contributed by atoms with Crippen LogP contribution in [0.2, 0.25) is 0 Å². The third kappa shape index (κ3) is 9.01. The second-order valence-corrected chi connectivity index (χ2v) is 15.5. The van der Waals surface area contributed by atoms with Crippen molar-refractivity contribution in [3.63, 3.8) is 0 Å². The predicted molar refractivity (Wildman–Crippen MR) is 176 cm³/mol. The highest BCUT2D eigenvalue weighted by Gasteiger charge is 2.50. The van der Waals surface area contributed by atoms with Crippen LogP contribution in [0.25, 0.3) is 0 Å². The molecule has 7 heteroatoms. The second kappa shape index (κ2) is 16.7. The molecule has 0 aromatic carbocycles. The highest BCUT2D eigenvalue weighted by molar-refractivity contribution is 7.55. The number of carbonyl (C=O) groups excluding carboxylic acids is 1. The van der Waals surface area contributed by atoms with Gasteiger partial charge in [-0.1, -0.05) is 77.0 Å². The SMILES string of the molecule is C=CCC(C(=O)/C=C/[C@@H](C)[C@H]1CCC2/C(=C/C=C3/C[C@@H](O)C[C@H](O)C3=C)CCC[C@@]21C)P(=O)(OCCCC)OCCCC. The van der Waals surface area contributed by atoms with Gasteiger partial charge in [-0.05, 0) is 98.2 Å². The van der Waals surface area contributed by atoms with E-state index in [9.17, 15) is 19.6 Å². The van der Waals surface area contributed by atoms with Crippen LogP contribution >= 0.6 is 7.60 Å². The van der Waals surface area contributed by atoms with Gasteiger partial charge in [-0.3, -0.25) is 9.36 Å². The van der Waals surface area contributed by atoms with Gasteiger partial charge in [-0.25, -0.2) is 0 Å². The van der Waals surface area contributed by atoms with E-state index in [2.05, 4.69) is 39.2 Å². The Morgan fingerprint density at radius 1 is 1.14 bits per heavy atom. The fourth-order valence-electron chi connectivity index (χ4n) is 7.55. The maximum absolute atomic E-state index is 13.9. The van der Waals surface area contributed by atoms with Gasteiger partial charge in [0, 0.05) is 6.42 Å². The van der Waals surface area contributed by atoms with Gasteiger partial charge in [0.05, 0.1) is 25.4 Å². The van der Waals surface area contributed by atoms with Crippen LogP contribution in [0.3, 0.4) is 0 Å². The van der Waals surface area contributed by atoms with Crippen molar-refractivity contribution in [2.75, 3.05) is 13.2 Å². The molecule has 0 bridgehead atoms. The van der Waals surface area contributed by atoms with Crippen LogP contribution in [0.1, 0.15) is 105 Å². The number of ketones is 1. The summed E-state index contributed by atoms with van der Waals surface area (Å²) < 4.78 is 25.6. The number of allylic oxidation sites excluding steroid dienone is 6. The van der Waals surface area contributed by atoms with E-state index in [4.69, 9.17) is 9.05 Å². The molecule has 3 aliphatic rings. The second-order valence-electron chi connectivity index (χ2n) is 13.2. The molecule has 3 saturated carbocycles. The molecule has 0 aliphatic heterocycles. The number of rotatable bonds is 16. The standard InChI is InChI=1S/C36H57O6P/c1-7-10-22-41-43(40,42-23-11-8-2)35(13-9-3)33(38)20-15-26(4)31-18-19-32-28(14-12-21-36(31,32)6)16-17-29-24-30(37)25-34(39)27(29)5/h9,15-17,20,26,30-32,34-35,37,39H,3,5,7-8,10-14,18-19,21-25H2,1-2,4,6H3/b20-15+,28-16+,29-17-/t26-,30-,31-,32?,34+,35?,36-/m1/s1. The molecule has 0 amide bonds. The molecule has 7 atom stereocenters. The van der Waals surface area contributed by atoms with Crippen LogP contribution in [-0.4, -0.2) is 47.1 Å². The summed E-state index contributed by atoms with van der Waals surface area (Å²) in [5, 5.41) is 20.4. The molecule has 0 radical (unpaired) electrons. The topological polar surface area (TPSA) is 93.1 Å². The van der Waals surface area contributed by atoms with Crippen molar-refractivity contribution in [1.29, 1.82) is 0 Å². The average Bonchev–Trinajstić information content (AvgIpc) is 3.33. The van der Waals surface area contributed by atoms with Crippen LogP contribution in [-0.2, 0) is 18.4 Å². The summed E-state index contributed by atoms with van der Waals surface area (Å²) in [5.41, 5.74) is 2.36. The zero-order valence-corrected chi connectivity index (χ0v) is 28.0. The molecule has 0 saturated heterocycles. The summed E-state index contributed by atoms with van der Waals surface area (Å²) >= 11 is 0. The summed E-state index contributed by atoms with van der Waals surface area (Å²) in [6.07, 6.45) is 18.4. The monoisotopic (exact) mass is 616 g/mol. The molecule has 0 heterocycles. The summed E-state index contributed by atoms with van der Waals surface area (Å²) in [5.74, 6) is 0.869. The Labute approximate surface area is 260 Å². The Balaban J connectivity index is 1.75. The van der Waals surface area contributed by atoms with Gasteiger partial charge in [0.1, 0.15) is 5.66 Å². The smallest absolute Gasteiger partial charge is 0.341 e. The number of aliphatic hydroxyl groups is 2. The Morgan fingerprint density at radius 3 is 2.44 bits per heavy atom. The molecule has 2 N–H and O–H groups in total. The van der Waals surface area contributed by atoms with Crippen LogP contribution in [0, 0.1) is 23.2 Å². The quantitative estimate of drug-likeness (QED) is 0.0780. The molecular weight excluding hydrogens is 559 g/mol. The van der Waals surface area contributed by atoms with E-state index in [0.717, 1.165) is 68.9 Å². The number of carbonyl (C=O) groups is 1. The fraction of sp³-hybridized carbons (Fsp3) is 0.694. The minimum atomic E-state index is -3.65. The predicted octanol–water partition coefficient (Wildman–Crippen LogP) is 8.66.